The van der Waals surface area contributed by atoms with Gasteiger partial charge in [-0.25, -0.2) is 4.79 Å². The second kappa shape index (κ2) is 6.11. The SMILES string of the molecule is C#C[C@H]1O[C@@H](n2ccc(N)nc2=O)C[C@@H]1O[Si](C)(C)C(C)(C)C. The average Bonchev–Trinajstić information content (AvgIpc) is 2.79. The molecule has 1 fully saturated rings. The van der Waals surface area contributed by atoms with E-state index < -0.39 is 26.3 Å². The highest BCUT2D eigenvalue weighted by Crippen LogP contribution is 2.40. The second-order valence-electron chi connectivity index (χ2n) is 7.37. The average molecular weight is 335 g/mol. The first-order valence-electron chi connectivity index (χ1n) is 7.69. The molecule has 2 heterocycles. The summed E-state index contributed by atoms with van der Waals surface area (Å²) in [7, 11) is -1.98. The molecule has 1 aliphatic rings. The summed E-state index contributed by atoms with van der Waals surface area (Å²) in [6, 6.07) is 1.57. The van der Waals surface area contributed by atoms with Gasteiger partial charge in [0.05, 0.1) is 6.10 Å². The Labute approximate surface area is 138 Å². The van der Waals surface area contributed by atoms with Crippen molar-refractivity contribution in [2.75, 3.05) is 5.73 Å². The summed E-state index contributed by atoms with van der Waals surface area (Å²) in [5, 5.41) is 0.0732. The number of hydrogen-bond donors (Lipinski definition) is 1. The number of nitrogen functional groups attached to an aromatic ring is 1. The summed E-state index contributed by atoms with van der Waals surface area (Å²) in [6.45, 7) is 10.9. The quantitative estimate of drug-likeness (QED) is 0.676. The fourth-order valence-corrected chi connectivity index (χ4v) is 3.60. The van der Waals surface area contributed by atoms with Crippen molar-refractivity contribution in [3.8, 4) is 12.3 Å². The maximum absolute atomic E-state index is 12.0. The van der Waals surface area contributed by atoms with Crippen LogP contribution in [0.3, 0.4) is 0 Å². The summed E-state index contributed by atoms with van der Waals surface area (Å²) in [5.41, 5.74) is 5.08. The van der Waals surface area contributed by atoms with Gasteiger partial charge in [-0.2, -0.15) is 4.98 Å². The van der Waals surface area contributed by atoms with Gasteiger partial charge >= 0.3 is 5.69 Å². The molecule has 1 aliphatic heterocycles. The van der Waals surface area contributed by atoms with E-state index in [1.807, 2.05) is 0 Å². The highest BCUT2D eigenvalue weighted by molar-refractivity contribution is 6.74. The maximum atomic E-state index is 12.0. The van der Waals surface area contributed by atoms with Gasteiger partial charge in [0.1, 0.15) is 18.1 Å². The highest BCUT2D eigenvalue weighted by Gasteiger charge is 2.44. The summed E-state index contributed by atoms with van der Waals surface area (Å²) in [4.78, 5) is 15.7. The molecule has 0 saturated carbocycles. The Morgan fingerprint density at radius 3 is 2.70 bits per heavy atom. The summed E-state index contributed by atoms with van der Waals surface area (Å²) in [6.07, 6.45) is 6.51. The van der Waals surface area contributed by atoms with Crippen LogP contribution in [-0.4, -0.2) is 30.1 Å². The van der Waals surface area contributed by atoms with Crippen LogP contribution in [0.5, 0.6) is 0 Å². The van der Waals surface area contributed by atoms with Crippen molar-refractivity contribution < 1.29 is 9.16 Å². The van der Waals surface area contributed by atoms with Crippen molar-refractivity contribution in [1.29, 1.82) is 0 Å². The van der Waals surface area contributed by atoms with Gasteiger partial charge in [-0.1, -0.05) is 26.7 Å². The fourth-order valence-electron chi connectivity index (χ4n) is 2.27. The van der Waals surface area contributed by atoms with E-state index in [1.54, 1.807) is 12.3 Å². The number of hydrogen-bond acceptors (Lipinski definition) is 5. The normalized spacial score (nSPS) is 25.3. The van der Waals surface area contributed by atoms with Crippen LogP contribution in [-0.2, 0) is 9.16 Å². The molecule has 0 amide bonds. The zero-order valence-corrected chi connectivity index (χ0v) is 15.4. The lowest BCUT2D eigenvalue weighted by Crippen LogP contribution is -2.45. The molecule has 7 heteroatoms. The maximum Gasteiger partial charge on any atom is 0.351 e. The molecule has 2 N–H and O–H groups in total. The minimum Gasteiger partial charge on any atom is -0.410 e. The van der Waals surface area contributed by atoms with Gasteiger partial charge in [0, 0.05) is 12.6 Å². The van der Waals surface area contributed by atoms with Gasteiger partial charge in [-0.15, -0.1) is 6.42 Å². The Morgan fingerprint density at radius 1 is 1.52 bits per heavy atom. The van der Waals surface area contributed by atoms with Crippen molar-refractivity contribution >= 4 is 14.1 Å². The zero-order valence-electron chi connectivity index (χ0n) is 14.4. The molecule has 6 nitrogen and oxygen atoms in total. The smallest absolute Gasteiger partial charge is 0.351 e. The number of aromatic nitrogens is 2. The number of anilines is 1. The highest BCUT2D eigenvalue weighted by atomic mass is 28.4. The summed E-state index contributed by atoms with van der Waals surface area (Å²) < 4.78 is 13.6. The van der Waals surface area contributed by atoms with Crippen molar-refractivity contribution in [3.63, 3.8) is 0 Å². The van der Waals surface area contributed by atoms with E-state index in [9.17, 15) is 4.79 Å². The van der Waals surface area contributed by atoms with E-state index in [0.717, 1.165) is 0 Å². The molecule has 1 aromatic heterocycles. The monoisotopic (exact) mass is 335 g/mol. The van der Waals surface area contributed by atoms with Crippen molar-refractivity contribution in [2.45, 2.75) is 63.8 Å². The number of terminal acetylenes is 1. The van der Waals surface area contributed by atoms with Gasteiger partial charge in [-0.05, 0) is 24.2 Å². The third-order valence-electron chi connectivity index (χ3n) is 4.65. The van der Waals surface area contributed by atoms with Crippen LogP contribution in [0.2, 0.25) is 18.1 Å². The molecule has 1 aromatic rings. The van der Waals surface area contributed by atoms with Crippen LogP contribution >= 0.6 is 0 Å². The standard InChI is InChI=1S/C16H25N3O3Si/c1-7-11-12(22-23(5,6)16(2,3)4)10-14(21-11)19-9-8-13(17)18-15(19)20/h1,8-9,11-12,14H,10H2,2-6H3,(H2,17,18,20)/t11-,12+,14-/m1/s1. The number of ether oxygens (including phenoxy) is 1. The largest absolute Gasteiger partial charge is 0.410 e. The minimum absolute atomic E-state index is 0.0732. The number of nitrogens with zero attached hydrogens (tertiary/aromatic N) is 2. The molecule has 23 heavy (non-hydrogen) atoms. The predicted molar refractivity (Wildman–Crippen MR) is 92.3 cm³/mol. The molecule has 0 bridgehead atoms. The van der Waals surface area contributed by atoms with Crippen LogP contribution in [0.25, 0.3) is 0 Å². The van der Waals surface area contributed by atoms with E-state index >= 15 is 0 Å². The molecule has 3 atom stereocenters. The van der Waals surface area contributed by atoms with Gasteiger partial charge in [0.15, 0.2) is 8.32 Å². The molecule has 0 aromatic carbocycles. The first-order chi connectivity index (χ1) is 10.5. The molecular weight excluding hydrogens is 310 g/mol. The van der Waals surface area contributed by atoms with Gasteiger partial charge in [0.2, 0.25) is 0 Å². The molecule has 126 valence electrons. The van der Waals surface area contributed by atoms with Crippen LogP contribution in [0.1, 0.15) is 33.4 Å². The van der Waals surface area contributed by atoms with Crippen LogP contribution in [0, 0.1) is 12.3 Å². The Balaban J connectivity index is 2.21. The molecule has 0 spiro atoms. The number of nitrogens with two attached hydrogens (primary N) is 1. The third kappa shape index (κ3) is 3.66. The van der Waals surface area contributed by atoms with Gasteiger partial charge in [-0.3, -0.25) is 4.57 Å². The Hall–Kier alpha value is -1.62. The van der Waals surface area contributed by atoms with Crippen molar-refractivity contribution in [2.24, 2.45) is 0 Å². The summed E-state index contributed by atoms with van der Waals surface area (Å²) >= 11 is 0. The van der Waals surface area contributed by atoms with E-state index in [0.29, 0.717) is 6.42 Å². The fraction of sp³-hybridized carbons (Fsp3) is 0.625. The van der Waals surface area contributed by atoms with Crippen LogP contribution in [0.4, 0.5) is 5.82 Å². The topological polar surface area (TPSA) is 79.4 Å². The lowest BCUT2D eigenvalue weighted by molar-refractivity contribution is 0.0114. The number of rotatable bonds is 3. The van der Waals surface area contributed by atoms with Gasteiger partial charge in [0.25, 0.3) is 0 Å². The zero-order chi connectivity index (χ0) is 17.4. The minimum atomic E-state index is -1.98. The molecule has 1 saturated heterocycles. The molecule has 2 rings (SSSR count). The second-order valence-corrected chi connectivity index (χ2v) is 12.1. The van der Waals surface area contributed by atoms with Gasteiger partial charge < -0.3 is 14.9 Å². The predicted octanol–water partition coefficient (Wildman–Crippen LogP) is 2.14. The van der Waals surface area contributed by atoms with Crippen molar-refractivity contribution in [1.82, 2.24) is 9.55 Å². The first kappa shape index (κ1) is 17.7. The lowest BCUT2D eigenvalue weighted by Gasteiger charge is -2.38. The summed E-state index contributed by atoms with van der Waals surface area (Å²) in [5.74, 6) is 2.82. The van der Waals surface area contributed by atoms with Crippen LogP contribution in [0.15, 0.2) is 17.1 Å². The van der Waals surface area contributed by atoms with E-state index in [1.165, 1.54) is 4.57 Å². The Bertz CT molecular complexity index is 672. The Kier molecular flexibility index (Phi) is 4.71. The third-order valence-corrected chi connectivity index (χ3v) is 9.16. The first-order valence-corrected chi connectivity index (χ1v) is 10.6. The molecular formula is C16H25N3O3Si. The Morgan fingerprint density at radius 2 is 2.17 bits per heavy atom. The van der Waals surface area contributed by atoms with E-state index in [4.69, 9.17) is 21.3 Å². The molecule has 0 radical (unpaired) electrons. The molecule has 0 unspecified atom stereocenters. The molecule has 0 aliphatic carbocycles. The lowest BCUT2D eigenvalue weighted by atomic mass is 10.2. The van der Waals surface area contributed by atoms with Crippen molar-refractivity contribution in [3.05, 3.63) is 22.7 Å². The van der Waals surface area contributed by atoms with Crippen LogP contribution < -0.4 is 11.4 Å². The van der Waals surface area contributed by atoms with E-state index in [2.05, 4.69) is 44.8 Å². The van der Waals surface area contributed by atoms with E-state index in [-0.39, 0.29) is 17.0 Å².